The van der Waals surface area contributed by atoms with E-state index in [1.54, 1.807) is 0 Å². The fourth-order valence-corrected chi connectivity index (χ4v) is 3.04. The average Bonchev–Trinajstić information content (AvgIpc) is 1.81. The van der Waals surface area contributed by atoms with E-state index in [1.165, 1.54) is 0 Å². The molecule has 0 saturated carbocycles. The van der Waals surface area contributed by atoms with Crippen LogP contribution >= 0.6 is 31.9 Å². The summed E-state index contributed by atoms with van der Waals surface area (Å²) < 4.78 is 54.9. The summed E-state index contributed by atoms with van der Waals surface area (Å²) in [6.45, 7) is 0. The van der Waals surface area contributed by atoms with Crippen LogP contribution in [0.15, 0.2) is 0 Å². The van der Waals surface area contributed by atoms with Crippen molar-refractivity contribution in [3.8, 4) is 0 Å². The summed E-state index contributed by atoms with van der Waals surface area (Å²) in [7, 11) is -7.44. The van der Waals surface area contributed by atoms with Crippen LogP contribution in [-0.4, -0.2) is 77.7 Å². The van der Waals surface area contributed by atoms with Gasteiger partial charge in [-0.1, -0.05) is 31.9 Å². The van der Waals surface area contributed by atoms with Gasteiger partial charge in [-0.3, -0.25) is 9.11 Å². The van der Waals surface area contributed by atoms with E-state index in [9.17, 15) is 16.8 Å². The van der Waals surface area contributed by atoms with E-state index in [-0.39, 0.29) is 51.7 Å². The molecule has 6 nitrogen and oxygen atoms in total. The van der Waals surface area contributed by atoms with Crippen LogP contribution in [0.5, 0.6) is 0 Å². The Bertz CT molecular complexity index is 291. The standard InChI is InChI=1S/2C2H5BrO3S.Na.H/c2*3-1-2-7(4,5)6;;/h2*1-2H2,(H,4,5,6);;. The average molecular weight is 402 g/mol. The molecule has 0 bridgehead atoms. The summed E-state index contributed by atoms with van der Waals surface area (Å²) in [6, 6.07) is 0. The Hall–Kier alpha value is 1.78. The van der Waals surface area contributed by atoms with Crippen LogP contribution in [-0.2, 0) is 20.2 Å². The van der Waals surface area contributed by atoms with Gasteiger partial charge >= 0.3 is 29.6 Å². The van der Waals surface area contributed by atoms with Crippen LogP contribution in [0.25, 0.3) is 0 Å². The van der Waals surface area contributed by atoms with Crippen molar-refractivity contribution in [3.63, 3.8) is 0 Å². The fraction of sp³-hybridized carbons (Fsp3) is 1.00. The predicted molar refractivity (Wildman–Crippen MR) is 67.6 cm³/mol. The Morgan fingerprint density at radius 1 is 0.800 bits per heavy atom. The zero-order chi connectivity index (χ0) is 11.8. The minimum atomic E-state index is -3.72. The SMILES string of the molecule is O=S(=O)(O)CCBr.O=S(=O)(O)CCBr.[NaH]. The topological polar surface area (TPSA) is 109 Å². The van der Waals surface area contributed by atoms with Crippen LogP contribution in [0, 0.1) is 0 Å². The van der Waals surface area contributed by atoms with Crippen molar-refractivity contribution in [2.45, 2.75) is 0 Å². The van der Waals surface area contributed by atoms with Gasteiger partial charge in [-0.2, -0.15) is 16.8 Å². The van der Waals surface area contributed by atoms with Gasteiger partial charge in [0, 0.05) is 10.7 Å². The first-order valence-electron chi connectivity index (χ1n) is 3.14. The summed E-state index contributed by atoms with van der Waals surface area (Å²) in [5.41, 5.74) is 0. The molecular formula is C4H11Br2NaO6S2. The number of hydrogen-bond acceptors (Lipinski definition) is 4. The summed E-state index contributed by atoms with van der Waals surface area (Å²) in [4.78, 5) is 0. The Morgan fingerprint density at radius 2 is 1.00 bits per heavy atom. The van der Waals surface area contributed by atoms with E-state index in [0.717, 1.165) is 0 Å². The van der Waals surface area contributed by atoms with E-state index >= 15 is 0 Å². The second-order valence-electron chi connectivity index (χ2n) is 1.95. The number of rotatable bonds is 4. The van der Waals surface area contributed by atoms with Crippen LogP contribution in [0.4, 0.5) is 0 Å². The van der Waals surface area contributed by atoms with Crippen molar-refractivity contribution in [1.82, 2.24) is 0 Å². The predicted octanol–water partition coefficient (Wildman–Crippen LogP) is -0.110. The number of hydrogen-bond donors (Lipinski definition) is 2. The molecular weight excluding hydrogens is 391 g/mol. The molecule has 0 amide bonds. The second kappa shape index (κ2) is 10.9. The number of alkyl halides is 2. The zero-order valence-electron chi connectivity index (χ0n) is 6.93. The third kappa shape index (κ3) is 31.3. The van der Waals surface area contributed by atoms with Crippen molar-refractivity contribution in [2.24, 2.45) is 0 Å². The van der Waals surface area contributed by atoms with Crippen LogP contribution in [0.3, 0.4) is 0 Å². The Kier molecular flexibility index (Phi) is 16.0. The van der Waals surface area contributed by atoms with E-state index < -0.39 is 20.2 Å². The Labute approximate surface area is 128 Å². The quantitative estimate of drug-likeness (QED) is 0.386. The maximum absolute atomic E-state index is 9.76. The van der Waals surface area contributed by atoms with Crippen molar-refractivity contribution in [2.75, 3.05) is 22.2 Å². The molecule has 0 aliphatic heterocycles. The fourth-order valence-electron chi connectivity index (χ4n) is 0.195. The Morgan fingerprint density at radius 3 is 1.00 bits per heavy atom. The molecule has 0 rings (SSSR count). The van der Waals surface area contributed by atoms with E-state index in [1.807, 2.05) is 0 Å². The monoisotopic (exact) mass is 400 g/mol. The van der Waals surface area contributed by atoms with Crippen LogP contribution < -0.4 is 0 Å². The van der Waals surface area contributed by atoms with E-state index in [4.69, 9.17) is 9.11 Å². The molecule has 0 aromatic heterocycles. The van der Waals surface area contributed by atoms with Gasteiger partial charge in [-0.05, 0) is 0 Å². The molecule has 15 heavy (non-hydrogen) atoms. The molecule has 0 unspecified atom stereocenters. The van der Waals surface area contributed by atoms with Crippen molar-refractivity contribution < 1.29 is 25.9 Å². The van der Waals surface area contributed by atoms with Gasteiger partial charge in [0.25, 0.3) is 20.2 Å². The van der Waals surface area contributed by atoms with Gasteiger partial charge in [0.05, 0.1) is 11.5 Å². The first-order chi connectivity index (χ1) is 6.12. The zero-order valence-corrected chi connectivity index (χ0v) is 11.7. The summed E-state index contributed by atoms with van der Waals surface area (Å²) in [5.74, 6) is -0.431. The first kappa shape index (κ1) is 22.0. The van der Waals surface area contributed by atoms with Crippen LogP contribution in [0.2, 0.25) is 0 Å². The molecule has 11 heteroatoms. The van der Waals surface area contributed by atoms with E-state index in [2.05, 4.69) is 31.9 Å². The molecule has 0 fully saturated rings. The molecule has 0 aliphatic carbocycles. The molecule has 0 heterocycles. The third-order valence-electron chi connectivity index (χ3n) is 0.670. The number of halogens is 2. The first-order valence-corrected chi connectivity index (χ1v) is 8.60. The van der Waals surface area contributed by atoms with Gasteiger partial charge < -0.3 is 0 Å². The minimum absolute atomic E-state index is 0. The molecule has 0 aromatic rings. The molecule has 90 valence electrons. The molecule has 2 N–H and O–H groups in total. The molecule has 0 aromatic carbocycles. The second-order valence-corrected chi connectivity index (χ2v) is 6.68. The van der Waals surface area contributed by atoms with Gasteiger partial charge in [-0.15, -0.1) is 0 Å². The maximum atomic E-state index is 9.76. The van der Waals surface area contributed by atoms with E-state index in [0.29, 0.717) is 0 Å². The summed E-state index contributed by atoms with van der Waals surface area (Å²) >= 11 is 5.69. The van der Waals surface area contributed by atoms with Crippen molar-refractivity contribution in [3.05, 3.63) is 0 Å². The summed E-state index contributed by atoms with van der Waals surface area (Å²) in [6.07, 6.45) is 0. The van der Waals surface area contributed by atoms with Crippen molar-refractivity contribution in [1.29, 1.82) is 0 Å². The molecule has 0 aliphatic rings. The summed E-state index contributed by atoms with van der Waals surface area (Å²) in [5, 5.41) is 0.567. The van der Waals surface area contributed by atoms with Gasteiger partial charge in [0.1, 0.15) is 0 Å². The van der Waals surface area contributed by atoms with Crippen LogP contribution in [0.1, 0.15) is 0 Å². The third-order valence-corrected chi connectivity index (χ3v) is 3.95. The molecule has 0 spiro atoms. The van der Waals surface area contributed by atoms with Gasteiger partial charge in [-0.25, -0.2) is 0 Å². The molecule has 0 radical (unpaired) electrons. The van der Waals surface area contributed by atoms with Gasteiger partial charge in [0.15, 0.2) is 0 Å². The van der Waals surface area contributed by atoms with Gasteiger partial charge in [0.2, 0.25) is 0 Å². The normalized spacial score (nSPS) is 10.9. The molecule has 0 atom stereocenters. The van der Waals surface area contributed by atoms with Crippen molar-refractivity contribution >= 4 is 81.7 Å². The Balaban J connectivity index is -0.000000180. The molecule has 0 saturated heterocycles.